The van der Waals surface area contributed by atoms with E-state index in [0.717, 1.165) is 38.2 Å². The van der Waals surface area contributed by atoms with E-state index in [1.807, 2.05) is 32.2 Å². The summed E-state index contributed by atoms with van der Waals surface area (Å²) in [6, 6.07) is 6.02. The summed E-state index contributed by atoms with van der Waals surface area (Å²) in [7, 11) is 0. The molecule has 106 valence electrons. The Morgan fingerprint density at radius 1 is 1.42 bits per heavy atom. The molecule has 0 bridgehead atoms. The normalized spacial score (nSPS) is 11.8. The predicted molar refractivity (Wildman–Crippen MR) is 80.1 cm³/mol. The minimum Gasteiger partial charge on any atom is -0.387 e. The van der Waals surface area contributed by atoms with E-state index in [9.17, 15) is 0 Å². The number of nitrogens with two attached hydrogens (primary N) is 1. The van der Waals surface area contributed by atoms with Crippen LogP contribution in [0.3, 0.4) is 0 Å². The van der Waals surface area contributed by atoms with Crippen molar-refractivity contribution in [1.82, 2.24) is 9.88 Å². The van der Waals surface area contributed by atoms with Crippen LogP contribution in [0.4, 0.5) is 0 Å². The summed E-state index contributed by atoms with van der Waals surface area (Å²) in [5.74, 6) is 0.278. The third kappa shape index (κ3) is 5.39. The van der Waals surface area contributed by atoms with Crippen LogP contribution in [0.5, 0.6) is 0 Å². The molecule has 0 aliphatic rings. The van der Waals surface area contributed by atoms with Crippen LogP contribution in [0.15, 0.2) is 24.4 Å². The lowest BCUT2D eigenvalue weighted by atomic mass is 9.86. The summed E-state index contributed by atoms with van der Waals surface area (Å²) >= 11 is 0. The molecule has 0 aromatic carbocycles. The zero-order chi connectivity index (χ0) is 14.3. The van der Waals surface area contributed by atoms with Gasteiger partial charge in [-0.3, -0.25) is 15.3 Å². The van der Waals surface area contributed by atoms with Gasteiger partial charge in [-0.1, -0.05) is 26.8 Å². The largest absolute Gasteiger partial charge is 0.387 e. The first-order chi connectivity index (χ1) is 8.95. The highest BCUT2D eigenvalue weighted by Crippen LogP contribution is 2.21. The van der Waals surface area contributed by atoms with Gasteiger partial charge < -0.3 is 5.73 Å². The first kappa shape index (κ1) is 15.6. The Kier molecular flexibility index (Phi) is 5.96. The molecule has 1 aromatic heterocycles. The standard InChI is InChI=1S/C15H26N4/c1-4-19(12-13-8-5-6-10-18-13)11-7-9-15(2,3)14(16)17/h5-6,8,10H,4,7,9,11-12H2,1-3H3,(H3,16,17). The highest BCUT2D eigenvalue weighted by Gasteiger charge is 2.21. The Balaban J connectivity index is 2.40. The molecule has 1 rings (SSSR count). The van der Waals surface area contributed by atoms with Crippen molar-refractivity contribution < 1.29 is 0 Å². The van der Waals surface area contributed by atoms with Crippen molar-refractivity contribution in [2.45, 2.75) is 40.2 Å². The van der Waals surface area contributed by atoms with E-state index in [4.69, 9.17) is 11.1 Å². The fourth-order valence-electron chi connectivity index (χ4n) is 1.95. The monoisotopic (exact) mass is 262 g/mol. The number of nitrogens with zero attached hydrogens (tertiary/aromatic N) is 2. The number of rotatable bonds is 8. The smallest absolute Gasteiger partial charge is 0.0963 e. The molecule has 0 unspecified atom stereocenters. The quantitative estimate of drug-likeness (QED) is 0.559. The summed E-state index contributed by atoms with van der Waals surface area (Å²) in [6.45, 7) is 9.15. The molecule has 19 heavy (non-hydrogen) atoms. The summed E-state index contributed by atoms with van der Waals surface area (Å²) in [4.78, 5) is 6.73. The second-order valence-electron chi connectivity index (χ2n) is 5.59. The molecule has 0 aliphatic heterocycles. The number of pyridine rings is 1. The third-order valence-corrected chi connectivity index (χ3v) is 3.56. The van der Waals surface area contributed by atoms with Gasteiger partial charge in [0.2, 0.25) is 0 Å². The van der Waals surface area contributed by atoms with Crippen LogP contribution in [-0.4, -0.2) is 28.8 Å². The van der Waals surface area contributed by atoms with Crippen LogP contribution in [0, 0.1) is 10.8 Å². The van der Waals surface area contributed by atoms with E-state index < -0.39 is 0 Å². The van der Waals surface area contributed by atoms with Crippen LogP contribution in [0.1, 0.15) is 39.3 Å². The maximum absolute atomic E-state index is 7.56. The topological polar surface area (TPSA) is 66.0 Å². The number of amidine groups is 1. The van der Waals surface area contributed by atoms with Gasteiger partial charge in [0.05, 0.1) is 11.5 Å². The Bertz CT molecular complexity index is 386. The molecule has 4 heteroatoms. The van der Waals surface area contributed by atoms with Crippen LogP contribution >= 0.6 is 0 Å². The lowest BCUT2D eigenvalue weighted by Crippen LogP contribution is -2.32. The lowest BCUT2D eigenvalue weighted by Gasteiger charge is -2.25. The van der Waals surface area contributed by atoms with Crippen LogP contribution in [0.2, 0.25) is 0 Å². The zero-order valence-electron chi connectivity index (χ0n) is 12.3. The van der Waals surface area contributed by atoms with E-state index in [1.165, 1.54) is 0 Å². The van der Waals surface area contributed by atoms with Gasteiger partial charge in [-0.15, -0.1) is 0 Å². The van der Waals surface area contributed by atoms with E-state index in [1.54, 1.807) is 0 Å². The molecular formula is C15H26N4. The molecule has 0 radical (unpaired) electrons. The number of nitrogens with one attached hydrogen (secondary N) is 1. The number of hydrogen-bond donors (Lipinski definition) is 2. The summed E-state index contributed by atoms with van der Waals surface area (Å²) in [5, 5.41) is 7.56. The van der Waals surface area contributed by atoms with Crippen molar-refractivity contribution in [2.24, 2.45) is 11.1 Å². The van der Waals surface area contributed by atoms with E-state index >= 15 is 0 Å². The van der Waals surface area contributed by atoms with Gasteiger partial charge in [0.1, 0.15) is 0 Å². The van der Waals surface area contributed by atoms with Gasteiger partial charge in [-0.2, -0.15) is 0 Å². The predicted octanol–water partition coefficient (Wildman–Crippen LogP) is 2.65. The van der Waals surface area contributed by atoms with Crippen molar-refractivity contribution in [3.63, 3.8) is 0 Å². The van der Waals surface area contributed by atoms with Gasteiger partial charge >= 0.3 is 0 Å². The summed E-state index contributed by atoms with van der Waals surface area (Å²) < 4.78 is 0. The number of hydrogen-bond acceptors (Lipinski definition) is 3. The van der Waals surface area contributed by atoms with Gasteiger partial charge in [-0.25, -0.2) is 0 Å². The second-order valence-corrected chi connectivity index (χ2v) is 5.59. The van der Waals surface area contributed by atoms with E-state index in [2.05, 4.69) is 22.9 Å². The Hall–Kier alpha value is -1.42. The molecule has 4 nitrogen and oxygen atoms in total. The second kappa shape index (κ2) is 7.24. The highest BCUT2D eigenvalue weighted by molar-refractivity contribution is 5.82. The maximum atomic E-state index is 7.56. The molecule has 0 amide bonds. The zero-order valence-corrected chi connectivity index (χ0v) is 12.3. The molecule has 0 saturated heterocycles. The van der Waals surface area contributed by atoms with Crippen molar-refractivity contribution in [2.75, 3.05) is 13.1 Å². The first-order valence-corrected chi connectivity index (χ1v) is 6.92. The fraction of sp³-hybridized carbons (Fsp3) is 0.600. The fourth-order valence-corrected chi connectivity index (χ4v) is 1.95. The lowest BCUT2D eigenvalue weighted by molar-refractivity contribution is 0.259. The van der Waals surface area contributed by atoms with Gasteiger partial charge in [0.15, 0.2) is 0 Å². The molecule has 1 heterocycles. The van der Waals surface area contributed by atoms with Crippen molar-refractivity contribution in [1.29, 1.82) is 5.41 Å². The first-order valence-electron chi connectivity index (χ1n) is 6.92. The van der Waals surface area contributed by atoms with Crippen LogP contribution < -0.4 is 5.73 Å². The molecule has 1 aromatic rings. The van der Waals surface area contributed by atoms with Crippen LogP contribution in [-0.2, 0) is 6.54 Å². The van der Waals surface area contributed by atoms with Crippen molar-refractivity contribution in [3.05, 3.63) is 30.1 Å². The van der Waals surface area contributed by atoms with Crippen LogP contribution in [0.25, 0.3) is 0 Å². The Morgan fingerprint density at radius 3 is 2.68 bits per heavy atom. The molecule has 0 saturated carbocycles. The highest BCUT2D eigenvalue weighted by atomic mass is 15.1. The minimum atomic E-state index is -0.190. The average molecular weight is 262 g/mol. The average Bonchev–Trinajstić information content (AvgIpc) is 2.38. The Morgan fingerprint density at radius 2 is 2.16 bits per heavy atom. The molecular weight excluding hydrogens is 236 g/mol. The van der Waals surface area contributed by atoms with Gasteiger partial charge in [0.25, 0.3) is 0 Å². The molecule has 0 fully saturated rings. The Labute approximate surface area is 116 Å². The van der Waals surface area contributed by atoms with Crippen molar-refractivity contribution in [3.8, 4) is 0 Å². The van der Waals surface area contributed by atoms with Gasteiger partial charge in [0, 0.05) is 18.2 Å². The van der Waals surface area contributed by atoms with E-state index in [-0.39, 0.29) is 11.3 Å². The SMILES string of the molecule is CCN(CCCC(C)(C)C(=N)N)Cc1ccccn1. The van der Waals surface area contributed by atoms with E-state index in [0.29, 0.717) is 0 Å². The maximum Gasteiger partial charge on any atom is 0.0963 e. The molecule has 0 spiro atoms. The molecule has 3 N–H and O–H groups in total. The molecule has 0 atom stereocenters. The van der Waals surface area contributed by atoms with Gasteiger partial charge in [-0.05, 0) is 38.1 Å². The van der Waals surface area contributed by atoms with Crippen molar-refractivity contribution >= 4 is 5.84 Å². The summed E-state index contributed by atoms with van der Waals surface area (Å²) in [5.41, 5.74) is 6.52. The minimum absolute atomic E-state index is 0.190. The molecule has 0 aliphatic carbocycles. The summed E-state index contributed by atoms with van der Waals surface area (Å²) in [6.07, 6.45) is 3.83. The third-order valence-electron chi connectivity index (χ3n) is 3.56. The number of aromatic nitrogens is 1.